The number of phenolic OH excluding ortho intramolecular Hbond substituents is 1. The molecule has 0 aromatic heterocycles. The number of hydrogen-bond donors (Lipinski definition) is 1. The highest BCUT2D eigenvalue weighted by molar-refractivity contribution is 5.94. The lowest BCUT2D eigenvalue weighted by molar-refractivity contribution is 0.153. The molecule has 1 N–H and O–H groups in total. The second-order valence-corrected chi connectivity index (χ2v) is 5.56. The smallest absolute Gasteiger partial charge is 0.507 e. The van der Waals surface area contributed by atoms with Gasteiger partial charge in [0, 0.05) is 16.2 Å². The number of hydrogen-bond acceptors (Lipinski definition) is 4. The minimum Gasteiger partial charge on any atom is -0.507 e. The van der Waals surface area contributed by atoms with Crippen molar-refractivity contribution in [1.29, 1.82) is 0 Å². The van der Waals surface area contributed by atoms with E-state index in [1.165, 1.54) is 6.07 Å². The molecule has 4 aromatic rings. The standard InChI is InChI=1S/C21H14O4/c22-18-12-13-20(17-10-4-3-9-16(17)18)25-21(23)24-19-11-5-7-14-6-1-2-8-15(14)19/h1-13,22H. The summed E-state index contributed by atoms with van der Waals surface area (Å²) in [4.78, 5) is 12.2. The molecule has 0 aliphatic heterocycles. The molecular weight excluding hydrogens is 316 g/mol. The summed E-state index contributed by atoms with van der Waals surface area (Å²) in [6, 6.07) is 23.3. The van der Waals surface area contributed by atoms with Crippen molar-refractivity contribution in [3.8, 4) is 17.2 Å². The van der Waals surface area contributed by atoms with Crippen LogP contribution in [0.5, 0.6) is 17.2 Å². The number of carbonyl (C=O) groups is 1. The van der Waals surface area contributed by atoms with Crippen molar-refractivity contribution in [2.45, 2.75) is 0 Å². The van der Waals surface area contributed by atoms with Gasteiger partial charge in [-0.3, -0.25) is 0 Å². The van der Waals surface area contributed by atoms with Gasteiger partial charge in [0.05, 0.1) is 0 Å². The van der Waals surface area contributed by atoms with Crippen molar-refractivity contribution in [3.63, 3.8) is 0 Å². The van der Waals surface area contributed by atoms with E-state index in [4.69, 9.17) is 9.47 Å². The minimum absolute atomic E-state index is 0.130. The first-order chi connectivity index (χ1) is 12.2. The monoisotopic (exact) mass is 330 g/mol. The van der Waals surface area contributed by atoms with Crippen LogP contribution in [0.15, 0.2) is 78.9 Å². The number of ether oxygens (including phenoxy) is 2. The second-order valence-electron chi connectivity index (χ2n) is 5.56. The van der Waals surface area contributed by atoms with Crippen LogP contribution in [-0.4, -0.2) is 11.3 Å². The van der Waals surface area contributed by atoms with Crippen LogP contribution in [0.4, 0.5) is 4.79 Å². The summed E-state index contributed by atoms with van der Waals surface area (Å²) >= 11 is 0. The Kier molecular flexibility index (Phi) is 3.71. The number of benzene rings is 4. The first-order valence-electron chi connectivity index (χ1n) is 7.80. The first-order valence-corrected chi connectivity index (χ1v) is 7.80. The average molecular weight is 330 g/mol. The van der Waals surface area contributed by atoms with E-state index in [0.29, 0.717) is 22.3 Å². The molecule has 4 rings (SSSR count). The molecule has 0 spiro atoms. The molecule has 122 valence electrons. The molecule has 0 amide bonds. The Morgan fingerprint density at radius 2 is 1.24 bits per heavy atom. The fraction of sp³-hybridized carbons (Fsp3) is 0. The number of fused-ring (bicyclic) bond motifs is 2. The summed E-state index contributed by atoms with van der Waals surface area (Å²) in [6.45, 7) is 0. The van der Waals surface area contributed by atoms with Gasteiger partial charge in [0.2, 0.25) is 0 Å². The third kappa shape index (κ3) is 2.85. The molecule has 0 aliphatic carbocycles. The Balaban J connectivity index is 1.64. The van der Waals surface area contributed by atoms with Crippen LogP contribution in [0.3, 0.4) is 0 Å². The maximum absolute atomic E-state index is 12.2. The van der Waals surface area contributed by atoms with Gasteiger partial charge in [-0.05, 0) is 23.6 Å². The van der Waals surface area contributed by atoms with Gasteiger partial charge in [0.25, 0.3) is 0 Å². The van der Waals surface area contributed by atoms with Gasteiger partial charge in [0.15, 0.2) is 0 Å². The zero-order valence-electron chi connectivity index (χ0n) is 13.2. The molecule has 4 aromatic carbocycles. The number of phenols is 1. The van der Waals surface area contributed by atoms with E-state index in [9.17, 15) is 9.90 Å². The third-order valence-corrected chi connectivity index (χ3v) is 4.00. The Hall–Kier alpha value is -3.53. The summed E-state index contributed by atoms with van der Waals surface area (Å²) in [5.41, 5.74) is 0. The van der Waals surface area contributed by atoms with E-state index in [2.05, 4.69) is 0 Å². The van der Waals surface area contributed by atoms with Crippen LogP contribution in [0.25, 0.3) is 21.5 Å². The van der Waals surface area contributed by atoms with E-state index < -0.39 is 6.16 Å². The summed E-state index contributed by atoms with van der Waals surface area (Å²) in [5.74, 6) is 0.898. The maximum Gasteiger partial charge on any atom is 0.519 e. The zero-order chi connectivity index (χ0) is 17.2. The molecular formula is C21H14O4. The van der Waals surface area contributed by atoms with E-state index >= 15 is 0 Å². The van der Waals surface area contributed by atoms with Crippen LogP contribution < -0.4 is 9.47 Å². The molecule has 0 atom stereocenters. The lowest BCUT2D eigenvalue weighted by Gasteiger charge is -2.10. The van der Waals surface area contributed by atoms with Crippen LogP contribution in [0, 0.1) is 0 Å². The van der Waals surface area contributed by atoms with Gasteiger partial charge in [-0.15, -0.1) is 0 Å². The van der Waals surface area contributed by atoms with Crippen molar-refractivity contribution in [3.05, 3.63) is 78.9 Å². The van der Waals surface area contributed by atoms with Gasteiger partial charge in [-0.25, -0.2) is 4.79 Å². The summed E-state index contributed by atoms with van der Waals surface area (Å²) < 4.78 is 10.8. The Labute approximate surface area is 143 Å². The summed E-state index contributed by atoms with van der Waals surface area (Å²) in [5, 5.41) is 13.0. The normalized spacial score (nSPS) is 10.7. The van der Waals surface area contributed by atoms with Crippen LogP contribution in [-0.2, 0) is 0 Å². The molecule has 0 saturated carbocycles. The van der Waals surface area contributed by atoms with Crippen molar-refractivity contribution in [2.24, 2.45) is 0 Å². The lowest BCUT2D eigenvalue weighted by Crippen LogP contribution is -2.14. The molecule has 0 unspecified atom stereocenters. The lowest BCUT2D eigenvalue weighted by atomic mass is 10.1. The van der Waals surface area contributed by atoms with Crippen molar-refractivity contribution in [1.82, 2.24) is 0 Å². The van der Waals surface area contributed by atoms with Gasteiger partial charge < -0.3 is 14.6 Å². The minimum atomic E-state index is -0.827. The topological polar surface area (TPSA) is 55.8 Å². The second kappa shape index (κ2) is 6.17. The fourth-order valence-electron chi connectivity index (χ4n) is 2.83. The first kappa shape index (κ1) is 15.0. The van der Waals surface area contributed by atoms with E-state index in [1.54, 1.807) is 30.3 Å². The predicted octanol–water partition coefficient (Wildman–Crippen LogP) is 5.28. The number of aromatic hydroxyl groups is 1. The Morgan fingerprint density at radius 3 is 2.04 bits per heavy atom. The summed E-state index contributed by atoms with van der Waals surface area (Å²) in [7, 11) is 0. The highest BCUT2D eigenvalue weighted by atomic mass is 16.7. The quantitative estimate of drug-likeness (QED) is 0.401. The molecule has 0 saturated heterocycles. The average Bonchev–Trinajstić information content (AvgIpc) is 2.65. The van der Waals surface area contributed by atoms with Crippen LogP contribution >= 0.6 is 0 Å². The highest BCUT2D eigenvalue weighted by Gasteiger charge is 2.13. The van der Waals surface area contributed by atoms with E-state index in [-0.39, 0.29) is 5.75 Å². The highest BCUT2D eigenvalue weighted by Crippen LogP contribution is 2.33. The number of carbonyl (C=O) groups excluding carboxylic acids is 1. The van der Waals surface area contributed by atoms with Gasteiger partial charge >= 0.3 is 6.16 Å². The molecule has 0 heterocycles. The van der Waals surface area contributed by atoms with Gasteiger partial charge in [0.1, 0.15) is 17.2 Å². The van der Waals surface area contributed by atoms with Crippen molar-refractivity contribution < 1.29 is 19.4 Å². The fourth-order valence-corrected chi connectivity index (χ4v) is 2.83. The van der Waals surface area contributed by atoms with Crippen molar-refractivity contribution >= 4 is 27.7 Å². The Bertz CT molecular complexity index is 1080. The van der Waals surface area contributed by atoms with Gasteiger partial charge in [-0.1, -0.05) is 60.7 Å². The molecule has 0 radical (unpaired) electrons. The van der Waals surface area contributed by atoms with E-state index in [1.807, 2.05) is 42.5 Å². The third-order valence-electron chi connectivity index (χ3n) is 4.00. The predicted molar refractivity (Wildman–Crippen MR) is 96.2 cm³/mol. The molecule has 0 aliphatic rings. The molecule has 0 bridgehead atoms. The van der Waals surface area contributed by atoms with Crippen LogP contribution in [0.1, 0.15) is 0 Å². The van der Waals surface area contributed by atoms with Gasteiger partial charge in [-0.2, -0.15) is 0 Å². The zero-order valence-corrected chi connectivity index (χ0v) is 13.2. The van der Waals surface area contributed by atoms with E-state index in [0.717, 1.165) is 10.8 Å². The maximum atomic E-state index is 12.2. The summed E-state index contributed by atoms with van der Waals surface area (Å²) in [6.07, 6.45) is -0.827. The largest absolute Gasteiger partial charge is 0.519 e. The van der Waals surface area contributed by atoms with Crippen molar-refractivity contribution in [2.75, 3.05) is 0 Å². The molecule has 0 fully saturated rings. The number of rotatable bonds is 2. The SMILES string of the molecule is O=C(Oc1cccc2ccccc12)Oc1ccc(O)c2ccccc12. The molecule has 4 nitrogen and oxygen atoms in total. The molecule has 4 heteroatoms. The van der Waals surface area contributed by atoms with Crippen LogP contribution in [0.2, 0.25) is 0 Å². The molecule has 25 heavy (non-hydrogen) atoms. The Morgan fingerprint density at radius 1 is 0.640 bits per heavy atom.